The summed E-state index contributed by atoms with van der Waals surface area (Å²) in [7, 11) is 3.37. The average molecular weight is 351 g/mol. The van der Waals surface area contributed by atoms with Crippen molar-refractivity contribution in [2.24, 2.45) is 12.0 Å². The Labute approximate surface area is 149 Å². The fraction of sp³-hybridized carbons (Fsp3) is 0.158. The number of rotatable bonds is 4. The second kappa shape index (κ2) is 7.26. The highest BCUT2D eigenvalue weighted by Crippen LogP contribution is 2.14. The molecule has 0 spiro atoms. The highest BCUT2D eigenvalue weighted by atomic mass is 19.1. The molecule has 6 nitrogen and oxygen atoms in total. The molecule has 132 valence electrons. The van der Waals surface area contributed by atoms with E-state index in [1.165, 1.54) is 12.1 Å². The fourth-order valence-corrected chi connectivity index (χ4v) is 2.54. The van der Waals surface area contributed by atoms with Gasteiger partial charge in [-0.1, -0.05) is 18.7 Å². The zero-order valence-electron chi connectivity index (χ0n) is 14.5. The molecule has 0 saturated carbocycles. The van der Waals surface area contributed by atoms with Crippen LogP contribution in [-0.2, 0) is 18.2 Å². The molecule has 0 amide bonds. The Hall–Kier alpha value is -3.35. The number of halogens is 1. The van der Waals surface area contributed by atoms with Gasteiger partial charge in [0.05, 0.1) is 5.52 Å². The Morgan fingerprint density at radius 3 is 2.73 bits per heavy atom. The first-order valence-corrected chi connectivity index (χ1v) is 7.93. The molecule has 0 radical (unpaired) electrons. The summed E-state index contributed by atoms with van der Waals surface area (Å²) in [6, 6.07) is 9.74. The van der Waals surface area contributed by atoms with Gasteiger partial charge in [-0.05, 0) is 29.8 Å². The number of benzene rings is 1. The number of pyridine rings is 1. The molecular weight excluding hydrogens is 333 g/mol. The van der Waals surface area contributed by atoms with E-state index in [0.717, 1.165) is 11.1 Å². The van der Waals surface area contributed by atoms with Crippen LogP contribution in [0.3, 0.4) is 0 Å². The molecule has 0 unspecified atom stereocenters. The van der Waals surface area contributed by atoms with Crippen LogP contribution < -0.4 is 5.36 Å². The zero-order chi connectivity index (χ0) is 18.7. The zero-order valence-corrected chi connectivity index (χ0v) is 14.5. The van der Waals surface area contributed by atoms with Crippen LogP contribution in [0.15, 0.2) is 54.2 Å². The summed E-state index contributed by atoms with van der Waals surface area (Å²) in [5.74, 6) is 0.306. The first-order chi connectivity index (χ1) is 12.5. The summed E-state index contributed by atoms with van der Waals surface area (Å²) in [5.41, 5.74) is 2.39. The van der Waals surface area contributed by atoms with Gasteiger partial charge in [0.25, 0.3) is 0 Å². The Kier molecular flexibility index (Phi) is 4.88. The van der Waals surface area contributed by atoms with Gasteiger partial charge in [0, 0.05) is 26.7 Å². The van der Waals surface area contributed by atoms with Crippen molar-refractivity contribution < 1.29 is 9.13 Å². The topological polar surface area (TPSA) is 76.2 Å². The van der Waals surface area contributed by atoms with Gasteiger partial charge in [-0.2, -0.15) is 5.10 Å². The van der Waals surface area contributed by atoms with Gasteiger partial charge >= 0.3 is 0 Å². The number of nitrogens with one attached hydrogen (secondary N) is 1. The minimum atomic E-state index is -0.298. The Morgan fingerprint density at radius 1 is 1.31 bits per heavy atom. The Balaban J connectivity index is 1.87. The molecule has 2 aromatic heterocycles. The SMILES string of the molecule is C=C(O/C(Cc1ccc(F)cc1)=N\C)c1nn(C)c2cccnc2c1=N. The van der Waals surface area contributed by atoms with Gasteiger partial charge in [0.15, 0.2) is 17.4 Å². The van der Waals surface area contributed by atoms with E-state index in [4.69, 9.17) is 10.1 Å². The van der Waals surface area contributed by atoms with Crippen molar-refractivity contribution >= 4 is 22.7 Å². The van der Waals surface area contributed by atoms with Gasteiger partial charge < -0.3 is 4.74 Å². The summed E-state index contributed by atoms with van der Waals surface area (Å²) < 4.78 is 20.4. The molecule has 0 aliphatic carbocycles. The molecule has 3 rings (SSSR count). The van der Waals surface area contributed by atoms with E-state index < -0.39 is 0 Å². The third kappa shape index (κ3) is 3.51. The first-order valence-electron chi connectivity index (χ1n) is 7.93. The van der Waals surface area contributed by atoms with Gasteiger partial charge in [-0.3, -0.25) is 20.1 Å². The summed E-state index contributed by atoms with van der Waals surface area (Å²) in [6.07, 6.45) is 2.00. The van der Waals surface area contributed by atoms with Crippen LogP contribution in [-0.4, -0.2) is 27.7 Å². The van der Waals surface area contributed by atoms with E-state index in [0.29, 0.717) is 23.5 Å². The number of hydrogen-bond acceptors (Lipinski definition) is 5. The molecule has 0 fully saturated rings. The predicted octanol–water partition coefficient (Wildman–Crippen LogP) is 2.85. The fourth-order valence-electron chi connectivity index (χ4n) is 2.54. The van der Waals surface area contributed by atoms with Crippen LogP contribution in [0.4, 0.5) is 4.39 Å². The molecule has 3 aromatic rings. The average Bonchev–Trinajstić information content (AvgIpc) is 2.65. The number of aryl methyl sites for hydroxylation is 1. The lowest BCUT2D eigenvalue weighted by molar-refractivity contribution is 0.488. The molecule has 0 aliphatic rings. The third-order valence-electron chi connectivity index (χ3n) is 3.88. The van der Waals surface area contributed by atoms with Gasteiger partial charge in [-0.25, -0.2) is 4.39 Å². The first kappa shape index (κ1) is 17.5. The molecular formula is C19H18FN5O. The molecule has 1 aromatic carbocycles. The summed E-state index contributed by atoms with van der Waals surface area (Å²) in [5, 5.41) is 12.9. The molecule has 26 heavy (non-hydrogen) atoms. The number of aromatic nitrogens is 3. The summed E-state index contributed by atoms with van der Waals surface area (Å²) in [6.45, 7) is 3.89. The second-order valence-electron chi connectivity index (χ2n) is 5.66. The van der Waals surface area contributed by atoms with Crippen molar-refractivity contribution in [3.05, 3.63) is 71.6 Å². The van der Waals surface area contributed by atoms with E-state index in [-0.39, 0.29) is 16.9 Å². The smallest absolute Gasteiger partial charge is 0.194 e. The summed E-state index contributed by atoms with van der Waals surface area (Å²) >= 11 is 0. The molecule has 0 aliphatic heterocycles. The molecule has 0 saturated heterocycles. The maximum absolute atomic E-state index is 13.0. The lowest BCUT2D eigenvalue weighted by Gasteiger charge is -2.13. The maximum Gasteiger partial charge on any atom is 0.194 e. The van der Waals surface area contributed by atoms with E-state index in [9.17, 15) is 4.39 Å². The number of nitrogens with zero attached hydrogens (tertiary/aromatic N) is 4. The van der Waals surface area contributed by atoms with E-state index in [2.05, 4.69) is 21.7 Å². The van der Waals surface area contributed by atoms with Crippen molar-refractivity contribution in [3.63, 3.8) is 0 Å². The van der Waals surface area contributed by atoms with Crippen molar-refractivity contribution in [1.82, 2.24) is 14.8 Å². The highest BCUT2D eigenvalue weighted by Gasteiger charge is 2.14. The standard InChI is InChI=1S/C19H18FN5O/c1-12(26-16(22-2)11-13-6-8-14(20)9-7-13)18-17(21)19-15(25(3)24-18)5-4-10-23-19/h4-10,21H,1,11H2,2-3H3/b21-17?,22-16-. The molecule has 7 heteroatoms. The van der Waals surface area contributed by atoms with Crippen LogP contribution >= 0.6 is 0 Å². The number of ether oxygens (including phenoxy) is 1. The molecule has 0 bridgehead atoms. The Morgan fingerprint density at radius 2 is 2.04 bits per heavy atom. The van der Waals surface area contributed by atoms with Crippen molar-refractivity contribution in [3.8, 4) is 0 Å². The third-order valence-corrected chi connectivity index (χ3v) is 3.88. The van der Waals surface area contributed by atoms with Crippen LogP contribution in [0.2, 0.25) is 0 Å². The highest BCUT2D eigenvalue weighted by molar-refractivity contribution is 5.84. The quantitative estimate of drug-likeness (QED) is 0.446. The van der Waals surface area contributed by atoms with E-state index in [1.54, 1.807) is 43.2 Å². The molecule has 1 N–H and O–H groups in total. The van der Waals surface area contributed by atoms with Crippen LogP contribution in [0, 0.1) is 11.2 Å². The summed E-state index contributed by atoms with van der Waals surface area (Å²) in [4.78, 5) is 8.36. The van der Waals surface area contributed by atoms with Crippen LogP contribution in [0.1, 0.15) is 11.3 Å². The minimum Gasteiger partial charge on any atom is -0.441 e. The van der Waals surface area contributed by atoms with Crippen molar-refractivity contribution in [1.29, 1.82) is 5.41 Å². The monoisotopic (exact) mass is 351 g/mol. The predicted molar refractivity (Wildman–Crippen MR) is 97.9 cm³/mol. The van der Waals surface area contributed by atoms with E-state index in [1.807, 2.05) is 6.07 Å². The number of aliphatic imine (C=N–C) groups is 1. The van der Waals surface area contributed by atoms with Crippen molar-refractivity contribution in [2.75, 3.05) is 7.05 Å². The normalized spacial score (nSPS) is 11.6. The largest absolute Gasteiger partial charge is 0.441 e. The maximum atomic E-state index is 13.0. The van der Waals surface area contributed by atoms with Crippen LogP contribution in [0.25, 0.3) is 16.8 Å². The van der Waals surface area contributed by atoms with Gasteiger partial charge in [-0.15, -0.1) is 0 Å². The lowest BCUT2D eigenvalue weighted by atomic mass is 10.1. The molecule has 0 atom stereocenters. The lowest BCUT2D eigenvalue weighted by Crippen LogP contribution is -2.20. The second-order valence-corrected chi connectivity index (χ2v) is 5.66. The van der Waals surface area contributed by atoms with Gasteiger partial charge in [0.2, 0.25) is 0 Å². The minimum absolute atomic E-state index is 0.140. The number of hydrogen-bond donors (Lipinski definition) is 1. The van der Waals surface area contributed by atoms with E-state index >= 15 is 0 Å². The number of fused-ring (bicyclic) bond motifs is 1. The molecule has 2 heterocycles. The van der Waals surface area contributed by atoms with Crippen LogP contribution in [0.5, 0.6) is 0 Å². The van der Waals surface area contributed by atoms with Gasteiger partial charge in [0.1, 0.15) is 16.7 Å². The van der Waals surface area contributed by atoms with Crippen molar-refractivity contribution in [2.45, 2.75) is 6.42 Å². The Bertz CT molecular complexity index is 1050.